The van der Waals surface area contributed by atoms with Crippen molar-refractivity contribution in [3.63, 3.8) is 0 Å². The van der Waals surface area contributed by atoms with Crippen LogP contribution in [0.5, 0.6) is 0 Å². The minimum absolute atomic E-state index is 0.0602. The molecule has 2 nitrogen and oxygen atoms in total. The molecule has 1 saturated carbocycles. The summed E-state index contributed by atoms with van der Waals surface area (Å²) in [4.78, 5) is 12.1. The molecule has 0 saturated heterocycles. The smallest absolute Gasteiger partial charge is 0.251 e. The van der Waals surface area contributed by atoms with Crippen LogP contribution < -0.4 is 5.32 Å². The Morgan fingerprint density at radius 2 is 1.94 bits per heavy atom. The van der Waals surface area contributed by atoms with E-state index in [0.29, 0.717) is 11.6 Å². The zero-order chi connectivity index (χ0) is 12.1. The van der Waals surface area contributed by atoms with E-state index in [1.54, 1.807) is 0 Å². The highest BCUT2D eigenvalue weighted by Gasteiger charge is 2.19. The van der Waals surface area contributed by atoms with Gasteiger partial charge in [0.15, 0.2) is 0 Å². The first-order valence-electron chi connectivity index (χ1n) is 6.96. The number of amides is 1. The molecule has 0 aromatic rings. The minimum atomic E-state index is 0.0602. The molecule has 1 fully saturated rings. The van der Waals surface area contributed by atoms with Gasteiger partial charge in [-0.2, -0.15) is 0 Å². The van der Waals surface area contributed by atoms with E-state index < -0.39 is 0 Å². The molecule has 0 radical (unpaired) electrons. The Hall–Kier alpha value is -1.05. The number of nitrogens with one attached hydrogen (secondary N) is 1. The lowest BCUT2D eigenvalue weighted by Gasteiger charge is -2.24. The van der Waals surface area contributed by atoms with Crippen LogP contribution in [0.1, 0.15) is 57.8 Å². The molecule has 0 aliphatic heterocycles. The molecule has 0 atom stereocenters. The lowest BCUT2D eigenvalue weighted by atomic mass is 9.92. The first-order valence-corrected chi connectivity index (χ1v) is 6.96. The van der Waals surface area contributed by atoms with Crippen molar-refractivity contribution in [1.29, 1.82) is 0 Å². The summed E-state index contributed by atoms with van der Waals surface area (Å²) < 4.78 is 0. The number of allylic oxidation sites excluding steroid dienone is 1. The molecule has 0 heterocycles. The van der Waals surface area contributed by atoms with E-state index >= 15 is 0 Å². The van der Waals surface area contributed by atoms with Crippen LogP contribution in [0.15, 0.2) is 23.8 Å². The Kier molecular flexibility index (Phi) is 4.41. The summed E-state index contributed by atoms with van der Waals surface area (Å²) >= 11 is 0. The van der Waals surface area contributed by atoms with Crippen molar-refractivity contribution in [3.8, 4) is 0 Å². The molecular formula is C15H23NO. The van der Waals surface area contributed by atoms with Gasteiger partial charge >= 0.3 is 0 Å². The fourth-order valence-corrected chi connectivity index (χ4v) is 2.78. The molecule has 0 spiro atoms. The van der Waals surface area contributed by atoms with Gasteiger partial charge in [0, 0.05) is 11.6 Å². The first kappa shape index (κ1) is 12.4. The Morgan fingerprint density at radius 1 is 1.18 bits per heavy atom. The molecule has 17 heavy (non-hydrogen) atoms. The maximum Gasteiger partial charge on any atom is 0.251 e. The largest absolute Gasteiger partial charge is 0.349 e. The van der Waals surface area contributed by atoms with Crippen LogP contribution in [-0.2, 0) is 4.79 Å². The molecule has 2 heteroatoms. The molecule has 2 rings (SSSR count). The maximum absolute atomic E-state index is 12.1. The standard InChI is InChI=1S/C15H23NO/c1-12(13-8-4-2-5-9-13)15(17)16-14-10-6-3-7-11-14/h8,14H,1-7,9-11H2,(H,16,17). The van der Waals surface area contributed by atoms with Crippen molar-refractivity contribution >= 4 is 5.91 Å². The molecule has 0 aromatic carbocycles. The van der Waals surface area contributed by atoms with E-state index in [-0.39, 0.29) is 5.91 Å². The molecule has 0 unspecified atom stereocenters. The predicted molar refractivity (Wildman–Crippen MR) is 70.7 cm³/mol. The van der Waals surface area contributed by atoms with Crippen LogP contribution in [-0.4, -0.2) is 11.9 Å². The van der Waals surface area contributed by atoms with Gasteiger partial charge in [-0.15, -0.1) is 0 Å². The van der Waals surface area contributed by atoms with Gasteiger partial charge in [0.1, 0.15) is 0 Å². The third-order valence-corrected chi connectivity index (χ3v) is 3.89. The monoisotopic (exact) mass is 233 g/mol. The molecule has 2 aliphatic carbocycles. The Balaban J connectivity index is 1.86. The van der Waals surface area contributed by atoms with E-state index in [1.807, 2.05) is 0 Å². The summed E-state index contributed by atoms with van der Waals surface area (Å²) in [5, 5.41) is 3.14. The van der Waals surface area contributed by atoms with E-state index in [4.69, 9.17) is 0 Å². The fraction of sp³-hybridized carbons (Fsp3) is 0.667. The van der Waals surface area contributed by atoms with Crippen LogP contribution in [0.2, 0.25) is 0 Å². The molecule has 94 valence electrons. The van der Waals surface area contributed by atoms with Gasteiger partial charge in [-0.25, -0.2) is 0 Å². The predicted octanol–water partition coefficient (Wildman–Crippen LogP) is 3.49. The highest BCUT2D eigenvalue weighted by atomic mass is 16.1. The average molecular weight is 233 g/mol. The number of rotatable bonds is 3. The van der Waals surface area contributed by atoms with Crippen molar-refractivity contribution in [2.75, 3.05) is 0 Å². The summed E-state index contributed by atoms with van der Waals surface area (Å²) in [6, 6.07) is 0.386. The van der Waals surface area contributed by atoms with E-state index in [9.17, 15) is 4.79 Å². The van der Waals surface area contributed by atoms with Crippen LogP contribution in [0, 0.1) is 0 Å². The number of hydrogen-bond acceptors (Lipinski definition) is 1. The van der Waals surface area contributed by atoms with Crippen molar-refractivity contribution in [2.24, 2.45) is 0 Å². The summed E-state index contributed by atoms with van der Waals surface area (Å²) in [7, 11) is 0. The molecule has 2 aliphatic rings. The van der Waals surface area contributed by atoms with Crippen LogP contribution in [0.3, 0.4) is 0 Å². The quantitative estimate of drug-likeness (QED) is 0.743. The molecule has 1 amide bonds. The number of hydrogen-bond donors (Lipinski definition) is 1. The SMILES string of the molecule is C=C(C(=O)NC1CCCCC1)C1=CCCCC1. The number of carbonyl (C=O) groups excluding carboxylic acids is 1. The second kappa shape index (κ2) is 6.04. The Labute approximate surface area is 104 Å². The van der Waals surface area contributed by atoms with Gasteiger partial charge < -0.3 is 5.32 Å². The topological polar surface area (TPSA) is 29.1 Å². The zero-order valence-corrected chi connectivity index (χ0v) is 10.6. The first-order chi connectivity index (χ1) is 8.27. The normalized spacial score (nSPS) is 21.8. The fourth-order valence-electron chi connectivity index (χ4n) is 2.78. The summed E-state index contributed by atoms with van der Waals surface area (Å²) in [5.74, 6) is 0.0602. The summed E-state index contributed by atoms with van der Waals surface area (Å²) in [6.45, 7) is 3.96. The lowest BCUT2D eigenvalue weighted by molar-refractivity contribution is -0.118. The third-order valence-electron chi connectivity index (χ3n) is 3.89. The molecular weight excluding hydrogens is 210 g/mol. The van der Waals surface area contributed by atoms with Crippen molar-refractivity contribution < 1.29 is 4.79 Å². The van der Waals surface area contributed by atoms with E-state index in [2.05, 4.69) is 18.0 Å². The van der Waals surface area contributed by atoms with E-state index in [0.717, 1.165) is 25.7 Å². The summed E-state index contributed by atoms with van der Waals surface area (Å²) in [6.07, 6.45) is 12.9. The van der Waals surface area contributed by atoms with Crippen LogP contribution >= 0.6 is 0 Å². The zero-order valence-electron chi connectivity index (χ0n) is 10.6. The third kappa shape index (κ3) is 3.45. The lowest BCUT2D eigenvalue weighted by Crippen LogP contribution is -2.37. The molecule has 1 N–H and O–H groups in total. The van der Waals surface area contributed by atoms with Gasteiger partial charge in [0.2, 0.25) is 0 Å². The molecule has 0 bridgehead atoms. The molecule has 0 aromatic heterocycles. The van der Waals surface area contributed by atoms with Crippen LogP contribution in [0.4, 0.5) is 0 Å². The van der Waals surface area contributed by atoms with Gasteiger partial charge in [0.25, 0.3) is 5.91 Å². The average Bonchev–Trinajstić information content (AvgIpc) is 2.40. The second-order valence-corrected chi connectivity index (χ2v) is 5.26. The van der Waals surface area contributed by atoms with Gasteiger partial charge in [-0.1, -0.05) is 31.9 Å². The maximum atomic E-state index is 12.1. The van der Waals surface area contributed by atoms with Gasteiger partial charge in [-0.3, -0.25) is 4.79 Å². The van der Waals surface area contributed by atoms with Crippen molar-refractivity contribution in [3.05, 3.63) is 23.8 Å². The second-order valence-electron chi connectivity index (χ2n) is 5.26. The van der Waals surface area contributed by atoms with Crippen molar-refractivity contribution in [1.82, 2.24) is 5.32 Å². The van der Waals surface area contributed by atoms with Gasteiger partial charge in [0.05, 0.1) is 0 Å². The Bertz CT molecular complexity index is 324. The van der Waals surface area contributed by atoms with Gasteiger partial charge in [-0.05, 0) is 44.1 Å². The highest BCUT2D eigenvalue weighted by Crippen LogP contribution is 2.24. The van der Waals surface area contributed by atoms with Crippen LogP contribution in [0.25, 0.3) is 0 Å². The Morgan fingerprint density at radius 3 is 2.59 bits per heavy atom. The summed E-state index contributed by atoms with van der Waals surface area (Å²) in [5.41, 5.74) is 1.87. The van der Waals surface area contributed by atoms with Crippen molar-refractivity contribution in [2.45, 2.75) is 63.8 Å². The van der Waals surface area contributed by atoms with E-state index in [1.165, 1.54) is 37.7 Å². The number of carbonyl (C=O) groups is 1. The highest BCUT2D eigenvalue weighted by molar-refractivity contribution is 5.97. The minimum Gasteiger partial charge on any atom is -0.349 e.